The number of likely N-dealkylation sites (N-methyl/N-ethyl adjacent to an activating group) is 1. The maximum Gasteiger partial charge on any atom is 0.276 e. The number of aromatic amines is 1. The van der Waals surface area contributed by atoms with E-state index in [0.717, 1.165) is 11.8 Å². The number of hydrogen-bond donors (Lipinski definition) is 4. The molecule has 0 aliphatic carbocycles. The van der Waals surface area contributed by atoms with Crippen molar-refractivity contribution in [1.29, 1.82) is 5.41 Å². The van der Waals surface area contributed by atoms with E-state index in [4.69, 9.17) is 33.1 Å². The fraction of sp³-hybridized carbons (Fsp3) is 0.286. The largest absolute Gasteiger partial charge is 0.377 e. The molecular formula is C21H23Cl2N7O3. The van der Waals surface area contributed by atoms with Gasteiger partial charge >= 0.3 is 0 Å². The summed E-state index contributed by atoms with van der Waals surface area (Å²) in [7, 11) is 1.64. The second kappa shape index (κ2) is 10.5. The summed E-state index contributed by atoms with van der Waals surface area (Å²) in [5.74, 6) is 0.433. The Morgan fingerprint density at radius 1 is 1.27 bits per heavy atom. The fourth-order valence-corrected chi connectivity index (χ4v) is 3.44. The standard InChI is InChI=1S/C21H23Cl2N7O3/c1-11-17(12(2)33-29-11)20(32)30(3)7-6-25-18-16(9-24)27-21(28-19(18)31)26-10-13-4-5-14(22)15(23)8-13/h4-5,8-9,24-25H,6-7,10H2,1-3H3,(H2,26,27,28,31). The third kappa shape index (κ3) is 5.71. The van der Waals surface area contributed by atoms with E-state index in [2.05, 4.69) is 25.8 Å². The zero-order valence-electron chi connectivity index (χ0n) is 18.3. The van der Waals surface area contributed by atoms with Gasteiger partial charge in [0, 0.05) is 32.9 Å². The van der Waals surface area contributed by atoms with Crippen LogP contribution in [0.25, 0.3) is 0 Å². The van der Waals surface area contributed by atoms with Crippen LogP contribution in [-0.4, -0.2) is 52.3 Å². The molecule has 3 aromatic rings. The van der Waals surface area contributed by atoms with Crippen molar-refractivity contribution < 1.29 is 9.32 Å². The number of hydrogen-bond acceptors (Lipinski definition) is 8. The minimum absolute atomic E-state index is 0.142. The number of H-pyrrole nitrogens is 1. The van der Waals surface area contributed by atoms with Crippen molar-refractivity contribution in [3.8, 4) is 0 Å². The SMILES string of the molecule is Cc1noc(C)c1C(=O)N(C)CCNc1c(C=N)nc(NCc2ccc(Cl)c(Cl)c2)[nH]c1=O. The lowest BCUT2D eigenvalue weighted by atomic mass is 10.2. The molecule has 10 nitrogen and oxygen atoms in total. The monoisotopic (exact) mass is 491 g/mol. The number of nitrogens with zero attached hydrogens (tertiary/aromatic N) is 3. The minimum atomic E-state index is -0.445. The van der Waals surface area contributed by atoms with Gasteiger partial charge < -0.3 is 25.5 Å². The quantitative estimate of drug-likeness (QED) is 0.335. The molecule has 3 rings (SSSR count). The fourth-order valence-electron chi connectivity index (χ4n) is 3.11. The van der Waals surface area contributed by atoms with Gasteiger partial charge in [-0.2, -0.15) is 0 Å². The van der Waals surface area contributed by atoms with E-state index < -0.39 is 5.56 Å². The van der Waals surface area contributed by atoms with Crippen LogP contribution < -0.4 is 16.2 Å². The van der Waals surface area contributed by atoms with Gasteiger partial charge in [-0.3, -0.25) is 14.6 Å². The first kappa shape index (κ1) is 24.3. The molecule has 0 aliphatic heterocycles. The van der Waals surface area contributed by atoms with Crippen molar-refractivity contribution in [2.75, 3.05) is 30.8 Å². The lowest BCUT2D eigenvalue weighted by Crippen LogP contribution is -2.33. The van der Waals surface area contributed by atoms with Crippen LogP contribution in [0, 0.1) is 19.3 Å². The minimum Gasteiger partial charge on any atom is -0.377 e. The zero-order valence-corrected chi connectivity index (χ0v) is 19.8. The lowest BCUT2D eigenvalue weighted by molar-refractivity contribution is 0.0798. The van der Waals surface area contributed by atoms with Gasteiger partial charge in [-0.25, -0.2) is 4.98 Å². The summed E-state index contributed by atoms with van der Waals surface area (Å²) in [6.45, 7) is 4.30. The molecule has 0 radical (unpaired) electrons. The smallest absolute Gasteiger partial charge is 0.276 e. The maximum atomic E-state index is 12.6. The Bertz CT molecular complexity index is 1220. The van der Waals surface area contributed by atoms with E-state index in [1.807, 2.05) is 0 Å². The van der Waals surface area contributed by atoms with Gasteiger partial charge in [-0.15, -0.1) is 0 Å². The second-order valence-corrected chi connectivity index (χ2v) is 8.09. The van der Waals surface area contributed by atoms with Gasteiger partial charge in [0.1, 0.15) is 22.7 Å². The molecule has 0 fully saturated rings. The topological polar surface area (TPSA) is 140 Å². The molecule has 2 aromatic heterocycles. The van der Waals surface area contributed by atoms with Crippen LogP contribution in [0.2, 0.25) is 10.0 Å². The molecule has 0 saturated carbocycles. The van der Waals surface area contributed by atoms with Crippen LogP contribution in [0.1, 0.15) is 33.1 Å². The first-order valence-electron chi connectivity index (χ1n) is 9.96. The van der Waals surface area contributed by atoms with Gasteiger partial charge in [-0.1, -0.05) is 34.4 Å². The van der Waals surface area contributed by atoms with E-state index in [9.17, 15) is 9.59 Å². The number of anilines is 2. The number of halogens is 2. The molecule has 0 aliphatic rings. The number of aromatic nitrogens is 3. The lowest BCUT2D eigenvalue weighted by Gasteiger charge is -2.18. The van der Waals surface area contributed by atoms with Crippen molar-refractivity contribution in [2.24, 2.45) is 0 Å². The molecule has 4 N–H and O–H groups in total. The zero-order chi connectivity index (χ0) is 24.1. The number of nitrogens with one attached hydrogen (secondary N) is 4. The third-order valence-electron chi connectivity index (χ3n) is 4.87. The predicted octanol–water partition coefficient (Wildman–Crippen LogP) is 3.48. The molecule has 0 atom stereocenters. The van der Waals surface area contributed by atoms with Gasteiger partial charge in [0.25, 0.3) is 11.5 Å². The van der Waals surface area contributed by atoms with Crippen molar-refractivity contribution >= 4 is 47.0 Å². The average Bonchev–Trinajstić information content (AvgIpc) is 3.12. The van der Waals surface area contributed by atoms with Crippen LogP contribution in [0.4, 0.5) is 11.6 Å². The molecular weight excluding hydrogens is 469 g/mol. The molecule has 2 heterocycles. The first-order valence-corrected chi connectivity index (χ1v) is 10.7. The number of carbonyl (C=O) groups is 1. The van der Waals surface area contributed by atoms with Crippen molar-refractivity contribution in [3.05, 3.63) is 66.9 Å². The first-order chi connectivity index (χ1) is 15.7. The Hall–Kier alpha value is -3.37. The van der Waals surface area contributed by atoms with Gasteiger partial charge in [0.15, 0.2) is 0 Å². The number of amides is 1. The maximum absolute atomic E-state index is 12.6. The second-order valence-electron chi connectivity index (χ2n) is 7.27. The summed E-state index contributed by atoms with van der Waals surface area (Å²) in [5.41, 5.74) is 1.65. The molecule has 0 saturated heterocycles. The number of carbonyl (C=O) groups excluding carboxylic acids is 1. The van der Waals surface area contributed by atoms with Gasteiger partial charge in [0.2, 0.25) is 5.95 Å². The molecule has 1 amide bonds. The molecule has 0 bridgehead atoms. The van der Waals surface area contributed by atoms with Crippen LogP contribution >= 0.6 is 23.2 Å². The Kier molecular flexibility index (Phi) is 7.72. The Morgan fingerprint density at radius 2 is 2.03 bits per heavy atom. The summed E-state index contributed by atoms with van der Waals surface area (Å²) in [4.78, 5) is 33.6. The Balaban J connectivity index is 1.63. The van der Waals surface area contributed by atoms with E-state index in [0.29, 0.717) is 40.2 Å². The summed E-state index contributed by atoms with van der Waals surface area (Å²) >= 11 is 11.9. The Labute approximate surface area is 199 Å². The number of rotatable bonds is 9. The van der Waals surface area contributed by atoms with E-state index in [1.54, 1.807) is 39.1 Å². The molecule has 0 spiro atoms. The highest BCUT2D eigenvalue weighted by Crippen LogP contribution is 2.23. The molecule has 33 heavy (non-hydrogen) atoms. The van der Waals surface area contributed by atoms with Crippen LogP contribution in [0.5, 0.6) is 0 Å². The average molecular weight is 492 g/mol. The predicted molar refractivity (Wildman–Crippen MR) is 128 cm³/mol. The van der Waals surface area contributed by atoms with E-state index in [1.165, 1.54) is 4.90 Å². The molecule has 12 heteroatoms. The third-order valence-corrected chi connectivity index (χ3v) is 5.61. The van der Waals surface area contributed by atoms with Crippen LogP contribution in [0.3, 0.4) is 0 Å². The van der Waals surface area contributed by atoms with E-state index in [-0.39, 0.29) is 29.8 Å². The van der Waals surface area contributed by atoms with Crippen molar-refractivity contribution in [1.82, 2.24) is 20.0 Å². The molecule has 0 unspecified atom stereocenters. The number of benzene rings is 1. The highest BCUT2D eigenvalue weighted by molar-refractivity contribution is 6.42. The molecule has 1 aromatic carbocycles. The van der Waals surface area contributed by atoms with Crippen LogP contribution in [-0.2, 0) is 6.54 Å². The van der Waals surface area contributed by atoms with E-state index >= 15 is 0 Å². The highest BCUT2D eigenvalue weighted by atomic mass is 35.5. The number of aryl methyl sites for hydroxylation is 2. The summed E-state index contributed by atoms with van der Waals surface area (Å²) in [6, 6.07) is 5.19. The van der Waals surface area contributed by atoms with Gasteiger partial charge in [0.05, 0.1) is 15.7 Å². The van der Waals surface area contributed by atoms with Gasteiger partial charge in [-0.05, 0) is 31.5 Å². The molecule has 174 valence electrons. The Morgan fingerprint density at radius 3 is 2.67 bits per heavy atom. The van der Waals surface area contributed by atoms with Crippen molar-refractivity contribution in [3.63, 3.8) is 0 Å². The van der Waals surface area contributed by atoms with Crippen molar-refractivity contribution in [2.45, 2.75) is 20.4 Å². The summed E-state index contributed by atoms with van der Waals surface area (Å²) in [5, 5.41) is 18.3. The summed E-state index contributed by atoms with van der Waals surface area (Å²) < 4.78 is 5.05. The normalized spacial score (nSPS) is 10.7. The van der Waals surface area contributed by atoms with Crippen LogP contribution in [0.15, 0.2) is 27.5 Å². The highest BCUT2D eigenvalue weighted by Gasteiger charge is 2.21. The summed E-state index contributed by atoms with van der Waals surface area (Å²) in [6.07, 6.45) is 0.987.